The highest BCUT2D eigenvalue weighted by molar-refractivity contribution is 6.30. The summed E-state index contributed by atoms with van der Waals surface area (Å²) in [6.45, 7) is 0. The smallest absolute Gasteiger partial charge is 0.305 e. The Morgan fingerprint density at radius 1 is 1.62 bits per heavy atom. The molecule has 0 N–H and O–H groups in total. The predicted octanol–water partition coefficient (Wildman–Crippen LogP) is 2.90. The number of benzene rings is 1. The minimum absolute atomic E-state index is 0.237. The van der Waals surface area contributed by atoms with Gasteiger partial charge in [0.25, 0.3) is 0 Å². The fourth-order valence-electron chi connectivity index (χ4n) is 1.39. The molecule has 1 aromatic carbocycles. The number of ether oxygens (including phenoxy) is 1. The summed E-state index contributed by atoms with van der Waals surface area (Å²) in [7, 11) is 1.34. The van der Waals surface area contributed by atoms with Crippen LogP contribution in [0.15, 0.2) is 24.3 Å². The van der Waals surface area contributed by atoms with Gasteiger partial charge < -0.3 is 4.74 Å². The van der Waals surface area contributed by atoms with Crippen LogP contribution in [0.3, 0.4) is 0 Å². The van der Waals surface area contributed by atoms with Gasteiger partial charge in [0.15, 0.2) is 0 Å². The van der Waals surface area contributed by atoms with Crippen molar-refractivity contribution in [2.45, 2.75) is 18.8 Å². The van der Waals surface area contributed by atoms with Crippen molar-refractivity contribution in [2.75, 3.05) is 7.11 Å². The van der Waals surface area contributed by atoms with Crippen LogP contribution in [0.4, 0.5) is 0 Å². The van der Waals surface area contributed by atoms with E-state index in [1.165, 1.54) is 7.11 Å². The second-order valence-corrected chi connectivity index (χ2v) is 3.79. The Balaban J connectivity index is 2.69. The second kappa shape index (κ2) is 6.14. The van der Waals surface area contributed by atoms with Crippen LogP contribution in [0.2, 0.25) is 5.02 Å². The van der Waals surface area contributed by atoms with Crippen molar-refractivity contribution in [3.05, 3.63) is 34.9 Å². The van der Waals surface area contributed by atoms with Gasteiger partial charge >= 0.3 is 5.97 Å². The first-order valence-corrected chi connectivity index (χ1v) is 5.27. The van der Waals surface area contributed by atoms with E-state index in [2.05, 4.69) is 10.8 Å². The lowest BCUT2D eigenvalue weighted by molar-refractivity contribution is -0.140. The molecule has 0 aliphatic heterocycles. The summed E-state index contributed by atoms with van der Waals surface area (Å²) in [5, 5.41) is 9.60. The molecule has 0 spiro atoms. The number of hydrogen-bond donors (Lipinski definition) is 0. The summed E-state index contributed by atoms with van der Waals surface area (Å²) in [4.78, 5) is 11.0. The Kier molecular flexibility index (Phi) is 4.81. The lowest BCUT2D eigenvalue weighted by Crippen LogP contribution is -2.04. The summed E-state index contributed by atoms with van der Waals surface area (Å²) in [5.41, 5.74) is 0.832. The molecule has 0 radical (unpaired) electrons. The van der Waals surface area contributed by atoms with E-state index in [0.29, 0.717) is 11.4 Å². The molecule has 4 heteroatoms. The molecule has 84 valence electrons. The predicted molar refractivity (Wildman–Crippen MR) is 61.1 cm³/mol. The molecular weight excluding hydrogens is 226 g/mol. The normalized spacial score (nSPS) is 11.6. The van der Waals surface area contributed by atoms with Crippen molar-refractivity contribution in [1.82, 2.24) is 0 Å². The summed E-state index contributed by atoms with van der Waals surface area (Å²) >= 11 is 5.83. The van der Waals surface area contributed by atoms with Crippen molar-refractivity contribution in [1.29, 1.82) is 5.26 Å². The molecular formula is C12H12ClNO2. The van der Waals surface area contributed by atoms with Gasteiger partial charge in [-0.1, -0.05) is 23.7 Å². The highest BCUT2D eigenvalue weighted by atomic mass is 35.5. The maximum atomic E-state index is 11.0. The third kappa shape index (κ3) is 3.56. The number of nitrogens with zero attached hydrogens (tertiary/aromatic N) is 1. The van der Waals surface area contributed by atoms with E-state index in [1.54, 1.807) is 18.2 Å². The molecule has 0 aliphatic carbocycles. The standard InChI is InChI=1S/C12H12ClNO2/c1-16-12(15)6-5-10(8-14)9-3-2-4-11(13)7-9/h2-4,7,10H,5-6H2,1H3. The van der Waals surface area contributed by atoms with E-state index < -0.39 is 0 Å². The summed E-state index contributed by atoms with van der Waals surface area (Å²) < 4.78 is 4.53. The molecule has 1 atom stereocenters. The molecule has 0 heterocycles. The topological polar surface area (TPSA) is 50.1 Å². The minimum atomic E-state index is -0.321. The van der Waals surface area contributed by atoms with Gasteiger partial charge in [0.1, 0.15) is 0 Å². The van der Waals surface area contributed by atoms with E-state index in [-0.39, 0.29) is 18.3 Å². The number of carbonyl (C=O) groups is 1. The zero-order chi connectivity index (χ0) is 12.0. The maximum Gasteiger partial charge on any atom is 0.305 e. The number of esters is 1. The highest BCUT2D eigenvalue weighted by Gasteiger charge is 2.13. The average Bonchev–Trinajstić information content (AvgIpc) is 2.29. The van der Waals surface area contributed by atoms with Crippen LogP contribution >= 0.6 is 11.6 Å². The van der Waals surface area contributed by atoms with E-state index in [0.717, 1.165) is 5.56 Å². The third-order valence-corrected chi connectivity index (χ3v) is 2.51. The first kappa shape index (κ1) is 12.5. The maximum absolute atomic E-state index is 11.0. The zero-order valence-electron chi connectivity index (χ0n) is 8.94. The average molecular weight is 238 g/mol. The molecule has 1 aromatic rings. The van der Waals surface area contributed by atoms with Crippen LogP contribution < -0.4 is 0 Å². The van der Waals surface area contributed by atoms with Crippen LogP contribution in [-0.2, 0) is 9.53 Å². The summed E-state index contributed by atoms with van der Waals surface area (Å²) in [5.74, 6) is -0.625. The van der Waals surface area contributed by atoms with E-state index in [4.69, 9.17) is 16.9 Å². The Labute approximate surface area is 99.6 Å². The Hall–Kier alpha value is -1.53. The van der Waals surface area contributed by atoms with Gasteiger partial charge in [0, 0.05) is 11.4 Å². The molecule has 0 amide bonds. The van der Waals surface area contributed by atoms with E-state index in [1.807, 2.05) is 6.07 Å². The van der Waals surface area contributed by atoms with Gasteiger partial charge in [-0.05, 0) is 24.1 Å². The Bertz CT molecular complexity index is 412. The van der Waals surface area contributed by atoms with Crippen LogP contribution in [0.25, 0.3) is 0 Å². The van der Waals surface area contributed by atoms with E-state index in [9.17, 15) is 4.79 Å². The molecule has 3 nitrogen and oxygen atoms in total. The van der Waals surface area contributed by atoms with Crippen LogP contribution in [-0.4, -0.2) is 13.1 Å². The molecule has 1 rings (SSSR count). The molecule has 0 saturated heterocycles. The molecule has 0 aromatic heterocycles. The van der Waals surface area contributed by atoms with Gasteiger partial charge in [-0.25, -0.2) is 0 Å². The van der Waals surface area contributed by atoms with Gasteiger partial charge in [-0.3, -0.25) is 4.79 Å². The van der Waals surface area contributed by atoms with Crippen molar-refractivity contribution in [3.63, 3.8) is 0 Å². The highest BCUT2D eigenvalue weighted by Crippen LogP contribution is 2.23. The van der Waals surface area contributed by atoms with Crippen molar-refractivity contribution >= 4 is 17.6 Å². The Morgan fingerprint density at radius 2 is 2.38 bits per heavy atom. The lowest BCUT2D eigenvalue weighted by Gasteiger charge is -2.08. The number of hydrogen-bond acceptors (Lipinski definition) is 3. The number of methoxy groups -OCH3 is 1. The fourth-order valence-corrected chi connectivity index (χ4v) is 1.59. The van der Waals surface area contributed by atoms with Crippen molar-refractivity contribution in [3.8, 4) is 6.07 Å². The quantitative estimate of drug-likeness (QED) is 0.757. The van der Waals surface area contributed by atoms with Crippen molar-refractivity contribution < 1.29 is 9.53 Å². The first-order chi connectivity index (χ1) is 7.67. The largest absolute Gasteiger partial charge is 0.469 e. The zero-order valence-corrected chi connectivity index (χ0v) is 9.70. The Morgan fingerprint density at radius 3 is 2.94 bits per heavy atom. The van der Waals surface area contributed by atoms with E-state index >= 15 is 0 Å². The summed E-state index contributed by atoms with van der Waals surface area (Å²) in [6, 6.07) is 9.27. The van der Waals surface area contributed by atoms with Gasteiger partial charge in [0.2, 0.25) is 0 Å². The fraction of sp³-hybridized carbons (Fsp3) is 0.333. The number of carbonyl (C=O) groups excluding carboxylic acids is 1. The summed E-state index contributed by atoms with van der Waals surface area (Å²) in [6.07, 6.45) is 0.685. The SMILES string of the molecule is COC(=O)CCC(C#N)c1cccc(Cl)c1. The third-order valence-electron chi connectivity index (χ3n) is 2.27. The second-order valence-electron chi connectivity index (χ2n) is 3.35. The molecule has 0 fully saturated rings. The van der Waals surface area contributed by atoms with Crippen LogP contribution in [0.5, 0.6) is 0 Å². The first-order valence-electron chi connectivity index (χ1n) is 4.89. The number of rotatable bonds is 4. The molecule has 0 aliphatic rings. The minimum Gasteiger partial charge on any atom is -0.469 e. The molecule has 1 unspecified atom stereocenters. The van der Waals surface area contributed by atoms with Crippen molar-refractivity contribution in [2.24, 2.45) is 0 Å². The molecule has 0 bridgehead atoms. The van der Waals surface area contributed by atoms with Gasteiger partial charge in [-0.2, -0.15) is 5.26 Å². The van der Waals surface area contributed by atoms with Gasteiger partial charge in [0.05, 0.1) is 19.1 Å². The van der Waals surface area contributed by atoms with Crippen LogP contribution in [0.1, 0.15) is 24.3 Å². The van der Waals surface area contributed by atoms with Gasteiger partial charge in [-0.15, -0.1) is 0 Å². The lowest BCUT2D eigenvalue weighted by atomic mass is 9.96. The monoisotopic (exact) mass is 237 g/mol. The molecule has 16 heavy (non-hydrogen) atoms. The number of halogens is 1. The molecule has 0 saturated carbocycles. The number of nitriles is 1. The van der Waals surface area contributed by atoms with Crippen LogP contribution in [0, 0.1) is 11.3 Å².